The number of H-pyrrole nitrogens is 1. The fourth-order valence-electron chi connectivity index (χ4n) is 2.72. The lowest BCUT2D eigenvalue weighted by Gasteiger charge is -2.05. The molecule has 0 aliphatic heterocycles. The van der Waals surface area contributed by atoms with Gasteiger partial charge in [0.15, 0.2) is 0 Å². The van der Waals surface area contributed by atoms with Gasteiger partial charge in [0, 0.05) is 18.1 Å². The van der Waals surface area contributed by atoms with Crippen LogP contribution < -0.4 is 0 Å². The molecule has 3 rings (SSSR count). The molecular formula is C13H19Cl2N3S. The van der Waals surface area contributed by atoms with Gasteiger partial charge in [-0.15, -0.1) is 28.3 Å². The molecule has 0 saturated heterocycles. The number of hydrogen-bond acceptors (Lipinski definition) is 3. The van der Waals surface area contributed by atoms with Gasteiger partial charge in [0.1, 0.15) is 10.2 Å². The monoisotopic (exact) mass is 319 g/mol. The minimum atomic E-state index is -0.491. The lowest BCUT2D eigenvalue weighted by molar-refractivity contribution is 0.497. The fraction of sp³-hybridized carbons (Fsp3) is 0.846. The molecule has 3 nitrogen and oxygen atoms in total. The summed E-state index contributed by atoms with van der Waals surface area (Å²) in [6, 6.07) is 0. The van der Waals surface area contributed by atoms with Crippen molar-refractivity contribution >= 4 is 35.0 Å². The number of hydrogen-bond donors (Lipinski definition) is 1. The smallest absolute Gasteiger partial charge is 0.208 e. The maximum absolute atomic E-state index is 6.00. The van der Waals surface area contributed by atoms with Crippen LogP contribution in [0.4, 0.5) is 0 Å². The number of halogens is 2. The van der Waals surface area contributed by atoms with Crippen LogP contribution in [0, 0.1) is 11.8 Å². The zero-order valence-electron chi connectivity index (χ0n) is 10.9. The summed E-state index contributed by atoms with van der Waals surface area (Å²) in [7, 11) is 0. The minimum Gasteiger partial charge on any atom is -0.262 e. The maximum atomic E-state index is 6.00. The fourth-order valence-corrected chi connectivity index (χ4v) is 4.47. The normalized spacial score (nSPS) is 25.9. The SMILES string of the molecule is ClC1(Cl)CC1CSc1n[nH]c(CCC2CCCC2)n1. The third-order valence-corrected chi connectivity index (χ3v) is 6.08. The molecule has 1 aromatic rings. The maximum Gasteiger partial charge on any atom is 0.208 e. The lowest BCUT2D eigenvalue weighted by atomic mass is 10.0. The Balaban J connectivity index is 1.41. The average molecular weight is 320 g/mol. The molecule has 1 atom stereocenters. The predicted octanol–water partition coefficient (Wildman–Crippen LogP) is 4.21. The first kappa shape index (κ1) is 14.0. The molecule has 1 aromatic heterocycles. The molecule has 0 spiro atoms. The minimum absolute atomic E-state index is 0.390. The Morgan fingerprint density at radius 2 is 2.05 bits per heavy atom. The van der Waals surface area contributed by atoms with E-state index in [4.69, 9.17) is 23.2 Å². The van der Waals surface area contributed by atoms with Crippen LogP contribution in [0.3, 0.4) is 0 Å². The van der Waals surface area contributed by atoms with Crippen molar-refractivity contribution in [3.63, 3.8) is 0 Å². The molecule has 106 valence electrons. The molecule has 2 aliphatic carbocycles. The van der Waals surface area contributed by atoms with Gasteiger partial charge in [0.05, 0.1) is 0 Å². The number of thioether (sulfide) groups is 1. The summed E-state index contributed by atoms with van der Waals surface area (Å²) in [6.07, 6.45) is 8.76. The zero-order chi connectivity index (χ0) is 13.3. The molecule has 0 aromatic carbocycles. The van der Waals surface area contributed by atoms with Gasteiger partial charge >= 0.3 is 0 Å². The summed E-state index contributed by atoms with van der Waals surface area (Å²) in [6.45, 7) is 0. The number of rotatable bonds is 6. The highest BCUT2D eigenvalue weighted by atomic mass is 35.5. The van der Waals surface area contributed by atoms with Crippen molar-refractivity contribution in [3.8, 4) is 0 Å². The summed E-state index contributed by atoms with van der Waals surface area (Å²) < 4.78 is -0.491. The van der Waals surface area contributed by atoms with E-state index in [0.717, 1.165) is 35.5 Å². The highest BCUT2D eigenvalue weighted by Crippen LogP contribution is 2.54. The highest BCUT2D eigenvalue weighted by molar-refractivity contribution is 7.99. The number of aromatic amines is 1. The molecule has 2 saturated carbocycles. The summed E-state index contributed by atoms with van der Waals surface area (Å²) in [5.41, 5.74) is 0. The second kappa shape index (κ2) is 5.82. The van der Waals surface area contributed by atoms with Gasteiger partial charge in [0.25, 0.3) is 0 Å². The molecule has 0 radical (unpaired) electrons. The van der Waals surface area contributed by atoms with E-state index < -0.39 is 4.33 Å². The van der Waals surface area contributed by atoms with Crippen LogP contribution >= 0.6 is 35.0 Å². The number of aryl methyl sites for hydroxylation is 1. The van der Waals surface area contributed by atoms with Gasteiger partial charge < -0.3 is 0 Å². The van der Waals surface area contributed by atoms with Gasteiger partial charge in [0.2, 0.25) is 5.16 Å². The van der Waals surface area contributed by atoms with Gasteiger partial charge in [-0.2, -0.15) is 0 Å². The summed E-state index contributed by atoms with van der Waals surface area (Å²) in [4.78, 5) is 4.53. The Labute approximate surface area is 128 Å². The van der Waals surface area contributed by atoms with Crippen LogP contribution in [0.15, 0.2) is 5.16 Å². The van der Waals surface area contributed by atoms with Crippen LogP contribution in [0.2, 0.25) is 0 Å². The van der Waals surface area contributed by atoms with Crippen LogP contribution in [0.25, 0.3) is 0 Å². The average Bonchev–Trinajstić information content (AvgIpc) is 2.86. The molecule has 0 amide bonds. The molecule has 2 fully saturated rings. The van der Waals surface area contributed by atoms with Gasteiger partial charge in [-0.25, -0.2) is 4.98 Å². The third-order valence-electron chi connectivity index (χ3n) is 4.14. The number of nitrogens with zero attached hydrogens (tertiary/aromatic N) is 2. The van der Waals surface area contributed by atoms with Crippen molar-refractivity contribution in [1.29, 1.82) is 0 Å². The first-order chi connectivity index (χ1) is 9.13. The third kappa shape index (κ3) is 3.79. The zero-order valence-corrected chi connectivity index (χ0v) is 13.2. The van der Waals surface area contributed by atoms with E-state index in [9.17, 15) is 0 Å². The van der Waals surface area contributed by atoms with Crippen LogP contribution in [0.5, 0.6) is 0 Å². The van der Waals surface area contributed by atoms with E-state index in [1.807, 2.05) is 0 Å². The second-order valence-electron chi connectivity index (χ2n) is 5.73. The van der Waals surface area contributed by atoms with E-state index in [-0.39, 0.29) is 0 Å². The van der Waals surface area contributed by atoms with Gasteiger partial charge in [-0.05, 0) is 18.8 Å². The van der Waals surface area contributed by atoms with E-state index in [1.54, 1.807) is 11.8 Å². The highest BCUT2D eigenvalue weighted by Gasteiger charge is 2.51. The van der Waals surface area contributed by atoms with Crippen molar-refractivity contribution < 1.29 is 0 Å². The molecule has 2 aliphatic rings. The van der Waals surface area contributed by atoms with Crippen LogP contribution in [-0.4, -0.2) is 25.3 Å². The molecular weight excluding hydrogens is 301 g/mol. The Morgan fingerprint density at radius 1 is 1.32 bits per heavy atom. The van der Waals surface area contributed by atoms with Crippen molar-refractivity contribution in [2.75, 3.05) is 5.75 Å². The van der Waals surface area contributed by atoms with E-state index in [2.05, 4.69) is 15.2 Å². The Hall–Kier alpha value is 0.0700. The summed E-state index contributed by atoms with van der Waals surface area (Å²) >= 11 is 13.7. The van der Waals surface area contributed by atoms with Gasteiger partial charge in [-0.1, -0.05) is 37.4 Å². The number of nitrogens with one attached hydrogen (secondary N) is 1. The van der Waals surface area contributed by atoms with Crippen LogP contribution in [-0.2, 0) is 6.42 Å². The van der Waals surface area contributed by atoms with Crippen molar-refractivity contribution in [1.82, 2.24) is 15.2 Å². The van der Waals surface area contributed by atoms with Crippen molar-refractivity contribution in [3.05, 3.63) is 5.82 Å². The molecule has 1 N–H and O–H groups in total. The van der Waals surface area contributed by atoms with E-state index >= 15 is 0 Å². The lowest BCUT2D eigenvalue weighted by Crippen LogP contribution is -1.97. The Kier molecular flexibility index (Phi) is 4.30. The predicted molar refractivity (Wildman–Crippen MR) is 79.9 cm³/mol. The Morgan fingerprint density at radius 3 is 2.74 bits per heavy atom. The molecule has 1 heterocycles. The summed E-state index contributed by atoms with van der Waals surface area (Å²) in [5, 5.41) is 8.13. The molecule has 19 heavy (non-hydrogen) atoms. The quantitative estimate of drug-likeness (QED) is 0.630. The van der Waals surface area contributed by atoms with Gasteiger partial charge in [-0.3, -0.25) is 5.10 Å². The van der Waals surface area contributed by atoms with Crippen molar-refractivity contribution in [2.45, 2.75) is 54.4 Å². The summed E-state index contributed by atoms with van der Waals surface area (Å²) in [5.74, 6) is 3.22. The topological polar surface area (TPSA) is 41.6 Å². The van der Waals surface area contributed by atoms with Crippen molar-refractivity contribution in [2.24, 2.45) is 11.8 Å². The van der Waals surface area contributed by atoms with E-state index in [1.165, 1.54) is 32.1 Å². The number of aromatic nitrogens is 3. The standard InChI is InChI=1S/C13H19Cl2N3S/c14-13(15)7-10(13)8-19-12-16-11(17-18-12)6-5-9-3-1-2-4-9/h9-10H,1-8H2,(H,16,17,18). The second-order valence-corrected chi connectivity index (χ2v) is 8.26. The molecule has 6 heteroatoms. The first-order valence-corrected chi connectivity index (χ1v) is 8.79. The number of alkyl halides is 2. The van der Waals surface area contributed by atoms with E-state index in [0.29, 0.717) is 5.92 Å². The largest absolute Gasteiger partial charge is 0.262 e. The molecule has 0 bridgehead atoms. The molecule has 1 unspecified atom stereocenters. The Bertz CT molecular complexity index is 406. The van der Waals surface area contributed by atoms with Crippen LogP contribution in [0.1, 0.15) is 44.3 Å². The first-order valence-electron chi connectivity index (χ1n) is 7.05.